The van der Waals surface area contributed by atoms with Crippen LogP contribution in [0.25, 0.3) is 11.3 Å². The first kappa shape index (κ1) is 24.2. The van der Waals surface area contributed by atoms with E-state index >= 15 is 0 Å². The van der Waals surface area contributed by atoms with Crippen molar-refractivity contribution in [3.8, 4) is 17.0 Å². The van der Waals surface area contributed by atoms with E-state index in [9.17, 15) is 27.5 Å². The second-order valence-corrected chi connectivity index (χ2v) is 9.07. The van der Waals surface area contributed by atoms with Gasteiger partial charge in [0.2, 0.25) is 0 Å². The normalized spacial score (nSPS) is 17.0. The summed E-state index contributed by atoms with van der Waals surface area (Å²) in [5, 5.41) is 9.34. The van der Waals surface area contributed by atoms with Crippen molar-refractivity contribution in [3.05, 3.63) is 83.3 Å². The van der Waals surface area contributed by atoms with Gasteiger partial charge in [-0.3, -0.25) is 14.7 Å². The molecule has 0 saturated carbocycles. The first-order valence-electron chi connectivity index (χ1n) is 11.4. The van der Waals surface area contributed by atoms with E-state index in [4.69, 9.17) is 4.74 Å². The fourth-order valence-electron chi connectivity index (χ4n) is 4.24. The molecular weight excluding hydrogens is 478 g/mol. The minimum atomic E-state index is -4.34. The van der Waals surface area contributed by atoms with E-state index in [0.29, 0.717) is 36.6 Å². The first-order valence-corrected chi connectivity index (χ1v) is 11.4. The Morgan fingerprint density at radius 1 is 1.03 bits per heavy atom. The van der Waals surface area contributed by atoms with Crippen molar-refractivity contribution in [2.24, 2.45) is 0 Å². The molecule has 0 unspecified atom stereocenters. The quantitative estimate of drug-likeness (QED) is 0.518. The number of ether oxygens (including phenoxy) is 1. The van der Waals surface area contributed by atoms with E-state index in [0.717, 1.165) is 17.7 Å². The summed E-state index contributed by atoms with van der Waals surface area (Å²) in [4.78, 5) is 20.1. The Balaban J connectivity index is 1.12. The lowest BCUT2D eigenvalue weighted by atomic mass is 10.0. The standard InChI is InChI=1S/C26H23F4N3O3/c27-23-9-17(3-7-22(23)25(35)33-12-19(34)13-33)24-8-6-20(10-31-24)36-21-14-32(15-21)11-16-1-4-18(5-2-16)26(28,29)30/h1-10,19,21,34H,11-15H2. The Bertz CT molecular complexity index is 1240. The van der Waals surface area contributed by atoms with Gasteiger partial charge in [-0.25, -0.2) is 4.39 Å². The highest BCUT2D eigenvalue weighted by atomic mass is 19.4. The molecule has 10 heteroatoms. The molecule has 0 radical (unpaired) electrons. The second kappa shape index (κ2) is 9.51. The summed E-state index contributed by atoms with van der Waals surface area (Å²) in [7, 11) is 0. The van der Waals surface area contributed by atoms with Crippen molar-refractivity contribution in [1.29, 1.82) is 0 Å². The molecule has 0 spiro atoms. The van der Waals surface area contributed by atoms with E-state index in [2.05, 4.69) is 9.88 Å². The summed E-state index contributed by atoms with van der Waals surface area (Å²) in [6.07, 6.45) is -3.40. The number of likely N-dealkylation sites (tertiary alicyclic amines) is 2. The van der Waals surface area contributed by atoms with Crippen molar-refractivity contribution in [1.82, 2.24) is 14.8 Å². The zero-order valence-corrected chi connectivity index (χ0v) is 19.1. The van der Waals surface area contributed by atoms with Gasteiger partial charge in [-0.2, -0.15) is 13.2 Å². The third-order valence-electron chi connectivity index (χ3n) is 6.29. The van der Waals surface area contributed by atoms with Crippen molar-refractivity contribution in [3.63, 3.8) is 0 Å². The van der Waals surface area contributed by atoms with Gasteiger partial charge in [0.05, 0.1) is 29.1 Å². The van der Waals surface area contributed by atoms with Crippen LogP contribution in [-0.4, -0.2) is 64.2 Å². The fourth-order valence-corrected chi connectivity index (χ4v) is 4.24. The molecule has 6 nitrogen and oxygen atoms in total. The van der Waals surface area contributed by atoms with Crippen LogP contribution in [0, 0.1) is 5.82 Å². The smallest absolute Gasteiger partial charge is 0.416 e. The summed E-state index contributed by atoms with van der Waals surface area (Å²) in [5.41, 5.74) is 1.14. The molecule has 5 rings (SSSR count). The third kappa shape index (κ3) is 5.19. The molecule has 36 heavy (non-hydrogen) atoms. The van der Waals surface area contributed by atoms with Gasteiger partial charge in [-0.15, -0.1) is 0 Å². The molecule has 2 fully saturated rings. The fraction of sp³-hybridized carbons (Fsp3) is 0.308. The highest BCUT2D eigenvalue weighted by Crippen LogP contribution is 2.30. The number of aliphatic hydroxyl groups is 1. The summed E-state index contributed by atoms with van der Waals surface area (Å²) < 4.78 is 58.5. The highest BCUT2D eigenvalue weighted by Gasteiger charge is 2.32. The van der Waals surface area contributed by atoms with Crippen molar-refractivity contribution in [2.45, 2.75) is 24.9 Å². The monoisotopic (exact) mass is 501 g/mol. The molecule has 3 aromatic rings. The van der Waals surface area contributed by atoms with Gasteiger partial charge < -0.3 is 14.7 Å². The van der Waals surface area contributed by atoms with Crippen molar-refractivity contribution in [2.75, 3.05) is 26.2 Å². The average molecular weight is 501 g/mol. The summed E-state index contributed by atoms with van der Waals surface area (Å²) >= 11 is 0. The molecule has 3 heterocycles. The van der Waals surface area contributed by atoms with Gasteiger partial charge in [0, 0.05) is 38.3 Å². The lowest BCUT2D eigenvalue weighted by Gasteiger charge is -2.39. The molecule has 188 valence electrons. The van der Waals surface area contributed by atoms with Gasteiger partial charge in [0.15, 0.2) is 0 Å². The van der Waals surface area contributed by atoms with Gasteiger partial charge in [0.1, 0.15) is 17.7 Å². The summed E-state index contributed by atoms with van der Waals surface area (Å²) in [5.74, 6) is -0.543. The number of β-amino-alcohol motifs (C(OH)–C–C–N with tert-alkyl or cyclic N) is 1. The maximum absolute atomic E-state index is 14.6. The number of alkyl halides is 3. The average Bonchev–Trinajstić information content (AvgIpc) is 2.80. The van der Waals surface area contributed by atoms with Gasteiger partial charge >= 0.3 is 6.18 Å². The minimum absolute atomic E-state index is 0.0450. The number of carbonyl (C=O) groups excluding carboxylic acids is 1. The van der Waals surface area contributed by atoms with E-state index in [-0.39, 0.29) is 24.8 Å². The maximum atomic E-state index is 14.6. The van der Waals surface area contributed by atoms with E-state index in [1.165, 1.54) is 29.2 Å². The zero-order valence-electron chi connectivity index (χ0n) is 19.1. The number of benzene rings is 2. The number of carbonyl (C=O) groups is 1. The Labute approximate surface area is 204 Å². The van der Waals surface area contributed by atoms with Crippen molar-refractivity contribution >= 4 is 5.91 Å². The summed E-state index contributed by atoms with van der Waals surface area (Å²) in [6, 6.07) is 12.9. The Morgan fingerprint density at radius 3 is 2.33 bits per heavy atom. The Morgan fingerprint density at radius 2 is 1.75 bits per heavy atom. The van der Waals surface area contributed by atoms with E-state index < -0.39 is 29.6 Å². The Kier molecular flexibility index (Phi) is 6.40. The summed E-state index contributed by atoms with van der Waals surface area (Å²) in [6.45, 7) is 2.22. The SMILES string of the molecule is O=C(c1ccc(-c2ccc(OC3CN(Cc4ccc(C(F)(F)F)cc4)C3)cn2)cc1F)N1CC(O)C1. The maximum Gasteiger partial charge on any atom is 0.416 e. The number of aromatic nitrogens is 1. The predicted molar refractivity (Wildman–Crippen MR) is 123 cm³/mol. The molecule has 0 aliphatic carbocycles. The molecule has 2 aromatic carbocycles. The van der Waals surface area contributed by atoms with Crippen LogP contribution in [-0.2, 0) is 12.7 Å². The number of hydrogen-bond acceptors (Lipinski definition) is 5. The number of amides is 1. The van der Waals surface area contributed by atoms with Gasteiger partial charge in [-0.1, -0.05) is 18.2 Å². The van der Waals surface area contributed by atoms with Crippen LogP contribution in [0.2, 0.25) is 0 Å². The zero-order chi connectivity index (χ0) is 25.4. The van der Waals surface area contributed by atoms with Crippen LogP contribution in [0.4, 0.5) is 17.6 Å². The minimum Gasteiger partial charge on any atom is -0.486 e. The van der Waals surface area contributed by atoms with E-state index in [1.807, 2.05) is 0 Å². The topological polar surface area (TPSA) is 65.9 Å². The van der Waals surface area contributed by atoms with Crippen LogP contribution in [0.3, 0.4) is 0 Å². The number of pyridine rings is 1. The molecule has 2 aliphatic rings. The molecule has 1 amide bonds. The molecule has 0 bridgehead atoms. The van der Waals surface area contributed by atoms with Crippen LogP contribution in [0.1, 0.15) is 21.5 Å². The predicted octanol–water partition coefficient (Wildman–Crippen LogP) is 3.99. The van der Waals surface area contributed by atoms with Crippen LogP contribution in [0.5, 0.6) is 5.75 Å². The number of aliphatic hydroxyl groups excluding tert-OH is 1. The lowest BCUT2D eigenvalue weighted by Crippen LogP contribution is -2.53. The number of hydrogen-bond donors (Lipinski definition) is 1. The van der Waals surface area contributed by atoms with Crippen LogP contribution < -0.4 is 4.74 Å². The number of rotatable bonds is 6. The van der Waals surface area contributed by atoms with Crippen LogP contribution >= 0.6 is 0 Å². The Hall–Kier alpha value is -3.50. The highest BCUT2D eigenvalue weighted by molar-refractivity contribution is 5.95. The van der Waals surface area contributed by atoms with Crippen molar-refractivity contribution < 1.29 is 32.2 Å². The lowest BCUT2D eigenvalue weighted by molar-refractivity contribution is -0.137. The second-order valence-electron chi connectivity index (χ2n) is 9.07. The molecule has 1 N–H and O–H groups in total. The van der Waals surface area contributed by atoms with Gasteiger partial charge in [-0.05, 0) is 42.0 Å². The van der Waals surface area contributed by atoms with Gasteiger partial charge in [0.25, 0.3) is 5.91 Å². The third-order valence-corrected chi connectivity index (χ3v) is 6.29. The van der Waals surface area contributed by atoms with Crippen LogP contribution in [0.15, 0.2) is 60.8 Å². The molecule has 1 aromatic heterocycles. The molecule has 0 atom stereocenters. The number of nitrogens with zero attached hydrogens (tertiary/aromatic N) is 3. The first-order chi connectivity index (χ1) is 17.2. The molecule has 2 aliphatic heterocycles. The molecular formula is C26H23F4N3O3. The van der Waals surface area contributed by atoms with E-state index in [1.54, 1.807) is 24.4 Å². The molecule has 2 saturated heterocycles. The largest absolute Gasteiger partial charge is 0.486 e. The number of halogens is 4.